The Kier molecular flexibility index (Phi) is 4.65. The van der Waals surface area contributed by atoms with Gasteiger partial charge in [0.15, 0.2) is 0 Å². The van der Waals surface area contributed by atoms with Crippen LogP contribution in [0.3, 0.4) is 0 Å². The van der Waals surface area contributed by atoms with Gasteiger partial charge in [-0.3, -0.25) is 4.79 Å². The molecule has 0 fully saturated rings. The number of amides is 1. The molecule has 0 saturated heterocycles. The van der Waals surface area contributed by atoms with Gasteiger partial charge in [-0.2, -0.15) is 0 Å². The largest absolute Gasteiger partial charge is 0.383 e. The molecule has 0 radical (unpaired) electrons. The van der Waals surface area contributed by atoms with Gasteiger partial charge in [0.2, 0.25) is 0 Å². The lowest BCUT2D eigenvalue weighted by Gasteiger charge is -2.22. The molecule has 112 valence electrons. The predicted octanol–water partition coefficient (Wildman–Crippen LogP) is 2.45. The smallest absolute Gasteiger partial charge is 0.251 e. The molecule has 0 saturated carbocycles. The van der Waals surface area contributed by atoms with E-state index in [1.165, 1.54) is 11.3 Å². The minimum Gasteiger partial charge on any atom is -0.383 e. The summed E-state index contributed by atoms with van der Waals surface area (Å²) < 4.78 is 0. The van der Waals surface area contributed by atoms with E-state index in [-0.39, 0.29) is 12.5 Å². The maximum atomic E-state index is 12.1. The summed E-state index contributed by atoms with van der Waals surface area (Å²) in [5, 5.41) is 15.1. The second-order valence-corrected chi connectivity index (χ2v) is 6.32. The summed E-state index contributed by atoms with van der Waals surface area (Å²) in [6.45, 7) is 1.88. The van der Waals surface area contributed by atoms with Crippen molar-refractivity contribution in [3.63, 3.8) is 0 Å². The maximum absolute atomic E-state index is 12.1. The Morgan fingerprint density at radius 2 is 1.95 bits per heavy atom. The van der Waals surface area contributed by atoms with E-state index < -0.39 is 5.60 Å². The number of benzene rings is 1. The van der Waals surface area contributed by atoms with Crippen LogP contribution in [0.4, 0.5) is 5.69 Å². The molecule has 1 aromatic heterocycles. The summed E-state index contributed by atoms with van der Waals surface area (Å²) in [5.74, 6) is -0.183. The average Bonchev–Trinajstić information content (AvgIpc) is 3.00. The second kappa shape index (κ2) is 6.28. The molecule has 2 N–H and O–H groups in total. The first-order valence-corrected chi connectivity index (χ1v) is 7.60. The van der Waals surface area contributed by atoms with E-state index >= 15 is 0 Å². The van der Waals surface area contributed by atoms with Crippen molar-refractivity contribution in [1.29, 1.82) is 0 Å². The zero-order chi connectivity index (χ0) is 15.5. The first-order valence-electron chi connectivity index (χ1n) is 6.72. The highest BCUT2D eigenvalue weighted by molar-refractivity contribution is 7.10. The third kappa shape index (κ3) is 3.83. The van der Waals surface area contributed by atoms with Gasteiger partial charge in [0.1, 0.15) is 5.60 Å². The zero-order valence-corrected chi connectivity index (χ0v) is 13.3. The van der Waals surface area contributed by atoms with Crippen molar-refractivity contribution in [1.82, 2.24) is 5.32 Å². The molecule has 1 atom stereocenters. The van der Waals surface area contributed by atoms with Crippen LogP contribution in [0, 0.1) is 0 Å². The van der Waals surface area contributed by atoms with E-state index in [0.717, 1.165) is 10.6 Å². The standard InChI is InChI=1S/C16H20N2O2S/c1-16(20,14-5-4-10-21-14)11-17-15(19)12-6-8-13(9-7-12)18(2)3/h4-10,20H,11H2,1-3H3,(H,17,19)/t16-/m1/s1. The van der Waals surface area contributed by atoms with E-state index in [0.29, 0.717) is 5.56 Å². The predicted molar refractivity (Wildman–Crippen MR) is 87.0 cm³/mol. The van der Waals surface area contributed by atoms with Crippen molar-refractivity contribution in [2.24, 2.45) is 0 Å². The highest BCUT2D eigenvalue weighted by atomic mass is 32.1. The highest BCUT2D eigenvalue weighted by Crippen LogP contribution is 2.24. The SMILES string of the molecule is CN(C)c1ccc(C(=O)NC[C@@](C)(O)c2cccs2)cc1. The number of carbonyl (C=O) groups excluding carboxylic acids is 1. The van der Waals surface area contributed by atoms with E-state index in [2.05, 4.69) is 5.32 Å². The topological polar surface area (TPSA) is 52.6 Å². The van der Waals surface area contributed by atoms with Gasteiger partial charge in [-0.25, -0.2) is 0 Å². The van der Waals surface area contributed by atoms with Crippen LogP contribution in [0.25, 0.3) is 0 Å². The Bertz CT molecular complexity index is 589. The van der Waals surface area contributed by atoms with Crippen LogP contribution in [0.2, 0.25) is 0 Å². The van der Waals surface area contributed by atoms with E-state index in [4.69, 9.17) is 0 Å². The second-order valence-electron chi connectivity index (χ2n) is 5.38. The lowest BCUT2D eigenvalue weighted by Crippen LogP contribution is -2.38. The third-order valence-electron chi connectivity index (χ3n) is 3.29. The molecule has 0 aliphatic rings. The number of anilines is 1. The molecule has 1 heterocycles. The molecule has 5 heteroatoms. The number of aliphatic hydroxyl groups is 1. The molecule has 2 aromatic rings. The molecule has 0 aliphatic carbocycles. The molecule has 4 nitrogen and oxygen atoms in total. The van der Waals surface area contributed by atoms with Gasteiger partial charge in [-0.05, 0) is 42.6 Å². The lowest BCUT2D eigenvalue weighted by atomic mass is 10.0. The van der Waals surface area contributed by atoms with Gasteiger partial charge in [0.25, 0.3) is 5.91 Å². The van der Waals surface area contributed by atoms with E-state index in [1.54, 1.807) is 19.1 Å². The summed E-state index contributed by atoms with van der Waals surface area (Å²) >= 11 is 1.48. The number of carbonyl (C=O) groups is 1. The molecule has 0 unspecified atom stereocenters. The maximum Gasteiger partial charge on any atom is 0.251 e. The first-order chi connectivity index (χ1) is 9.90. The van der Waals surface area contributed by atoms with Gasteiger partial charge >= 0.3 is 0 Å². The van der Waals surface area contributed by atoms with Crippen LogP contribution in [0.1, 0.15) is 22.2 Å². The van der Waals surface area contributed by atoms with Crippen LogP contribution in [0.15, 0.2) is 41.8 Å². The van der Waals surface area contributed by atoms with Crippen molar-refractivity contribution in [3.8, 4) is 0 Å². The van der Waals surface area contributed by atoms with Gasteiger partial charge in [-0.1, -0.05) is 6.07 Å². The molecule has 1 amide bonds. The van der Waals surface area contributed by atoms with Crippen LogP contribution < -0.4 is 10.2 Å². The van der Waals surface area contributed by atoms with Crippen molar-refractivity contribution < 1.29 is 9.90 Å². The third-order valence-corrected chi connectivity index (χ3v) is 4.41. The van der Waals surface area contributed by atoms with Crippen LogP contribution in [-0.2, 0) is 5.60 Å². The molecular weight excluding hydrogens is 284 g/mol. The molecule has 0 spiro atoms. The first kappa shape index (κ1) is 15.5. The molecule has 2 rings (SSSR count). The van der Waals surface area contributed by atoms with Crippen molar-refractivity contribution in [2.45, 2.75) is 12.5 Å². The molecular formula is C16H20N2O2S. The fourth-order valence-electron chi connectivity index (χ4n) is 1.94. The minimum absolute atomic E-state index is 0.182. The Balaban J connectivity index is 1.98. The Morgan fingerprint density at radius 3 is 2.48 bits per heavy atom. The average molecular weight is 304 g/mol. The molecule has 0 bridgehead atoms. The summed E-state index contributed by atoms with van der Waals surface area (Å²) in [6.07, 6.45) is 0. The van der Waals surface area contributed by atoms with Crippen molar-refractivity contribution in [2.75, 3.05) is 25.5 Å². The van der Waals surface area contributed by atoms with Crippen LogP contribution in [0.5, 0.6) is 0 Å². The summed E-state index contributed by atoms with van der Waals surface area (Å²) in [6, 6.07) is 11.1. The number of nitrogens with zero attached hydrogens (tertiary/aromatic N) is 1. The van der Waals surface area contributed by atoms with Gasteiger partial charge in [0.05, 0.1) is 6.54 Å². The van der Waals surface area contributed by atoms with Gasteiger partial charge in [-0.15, -0.1) is 11.3 Å². The quantitative estimate of drug-likeness (QED) is 0.892. The summed E-state index contributed by atoms with van der Waals surface area (Å²) in [4.78, 5) is 14.9. The Hall–Kier alpha value is -1.85. The van der Waals surface area contributed by atoms with Crippen LogP contribution in [-0.4, -0.2) is 31.7 Å². The fourth-order valence-corrected chi connectivity index (χ4v) is 2.72. The summed E-state index contributed by atoms with van der Waals surface area (Å²) in [7, 11) is 3.90. The number of rotatable bonds is 5. The van der Waals surface area contributed by atoms with Gasteiger partial charge in [0, 0.05) is 30.2 Å². The number of hydrogen-bond acceptors (Lipinski definition) is 4. The summed E-state index contributed by atoms with van der Waals surface area (Å²) in [5.41, 5.74) is 0.577. The van der Waals surface area contributed by atoms with Crippen molar-refractivity contribution in [3.05, 3.63) is 52.2 Å². The normalized spacial score (nSPS) is 13.5. The van der Waals surface area contributed by atoms with E-state index in [9.17, 15) is 9.90 Å². The van der Waals surface area contributed by atoms with Gasteiger partial charge < -0.3 is 15.3 Å². The zero-order valence-electron chi connectivity index (χ0n) is 12.5. The molecule has 21 heavy (non-hydrogen) atoms. The number of thiophene rings is 1. The monoisotopic (exact) mass is 304 g/mol. The van der Waals surface area contributed by atoms with E-state index in [1.807, 2.05) is 48.6 Å². The van der Waals surface area contributed by atoms with Crippen molar-refractivity contribution >= 4 is 22.9 Å². The Labute approximate surface area is 129 Å². The molecule has 0 aliphatic heterocycles. The fraction of sp³-hybridized carbons (Fsp3) is 0.312. The molecule has 1 aromatic carbocycles. The minimum atomic E-state index is -1.05. The number of nitrogens with one attached hydrogen (secondary N) is 1. The van der Waals surface area contributed by atoms with Crippen LogP contribution >= 0.6 is 11.3 Å². The lowest BCUT2D eigenvalue weighted by molar-refractivity contribution is 0.0557. The Morgan fingerprint density at radius 1 is 1.29 bits per heavy atom. The number of hydrogen-bond donors (Lipinski definition) is 2. The highest BCUT2D eigenvalue weighted by Gasteiger charge is 2.25.